The first-order valence-corrected chi connectivity index (χ1v) is 8.75. The number of sulfone groups is 1. The van der Waals surface area contributed by atoms with E-state index in [0.717, 1.165) is 0 Å². The van der Waals surface area contributed by atoms with Crippen LogP contribution in [0.15, 0.2) is 28.7 Å². The van der Waals surface area contributed by atoms with Crippen molar-refractivity contribution in [3.05, 3.63) is 36.0 Å². The van der Waals surface area contributed by atoms with Crippen molar-refractivity contribution in [1.82, 2.24) is 15.1 Å². The minimum absolute atomic E-state index is 0.0552. The summed E-state index contributed by atoms with van der Waals surface area (Å²) in [5.41, 5.74) is 0.102. The molecule has 0 radical (unpaired) electrons. The van der Waals surface area contributed by atoms with Gasteiger partial charge in [-0.3, -0.25) is 4.79 Å². The van der Waals surface area contributed by atoms with E-state index in [4.69, 9.17) is 4.42 Å². The highest BCUT2D eigenvalue weighted by Gasteiger charge is 2.34. The maximum absolute atomic E-state index is 13.7. The Bertz CT molecular complexity index is 849. The zero-order valence-electron chi connectivity index (χ0n) is 12.3. The molecule has 1 aliphatic rings. The molecule has 2 heterocycles. The topological polar surface area (TPSA) is 93.4 Å². The Balaban J connectivity index is 1.80. The van der Waals surface area contributed by atoms with Crippen molar-refractivity contribution in [2.75, 3.05) is 18.6 Å². The first-order valence-electron chi connectivity index (χ1n) is 6.93. The molecule has 1 atom stereocenters. The van der Waals surface area contributed by atoms with E-state index in [9.17, 15) is 17.6 Å². The fourth-order valence-corrected chi connectivity index (χ4v) is 4.23. The third kappa shape index (κ3) is 3.09. The van der Waals surface area contributed by atoms with Gasteiger partial charge in [-0.2, -0.15) is 0 Å². The smallest absolute Gasteiger partial charge is 0.311 e. The van der Waals surface area contributed by atoms with Crippen molar-refractivity contribution < 1.29 is 22.0 Å². The third-order valence-corrected chi connectivity index (χ3v) is 5.54. The van der Waals surface area contributed by atoms with Gasteiger partial charge in [0.1, 0.15) is 5.82 Å². The Hall–Kier alpha value is -2.29. The van der Waals surface area contributed by atoms with Crippen LogP contribution in [0.3, 0.4) is 0 Å². The predicted molar refractivity (Wildman–Crippen MR) is 78.8 cm³/mol. The average Bonchev–Trinajstić information content (AvgIpc) is 3.13. The van der Waals surface area contributed by atoms with E-state index in [1.807, 2.05) is 0 Å². The molecule has 0 N–H and O–H groups in total. The first kappa shape index (κ1) is 15.6. The molecular weight excluding hydrogens is 325 g/mol. The van der Waals surface area contributed by atoms with E-state index in [1.54, 1.807) is 6.07 Å². The number of benzene rings is 1. The predicted octanol–water partition coefficient (Wildman–Crippen LogP) is 1.13. The molecule has 122 valence electrons. The number of carbonyl (C=O) groups excluding carboxylic acids is 1. The van der Waals surface area contributed by atoms with Gasteiger partial charge in [-0.1, -0.05) is 12.1 Å². The summed E-state index contributed by atoms with van der Waals surface area (Å²) in [6.45, 7) is 0. The van der Waals surface area contributed by atoms with Gasteiger partial charge in [0.15, 0.2) is 9.84 Å². The number of hydrogen-bond donors (Lipinski definition) is 0. The second-order valence-electron chi connectivity index (χ2n) is 5.37. The lowest BCUT2D eigenvalue weighted by Gasteiger charge is -2.21. The summed E-state index contributed by atoms with van der Waals surface area (Å²) in [5.74, 6) is -1.54. The Morgan fingerprint density at radius 3 is 2.74 bits per heavy atom. The van der Waals surface area contributed by atoms with Gasteiger partial charge in [-0.25, -0.2) is 12.8 Å². The molecule has 1 amide bonds. The van der Waals surface area contributed by atoms with Crippen LogP contribution in [0.2, 0.25) is 0 Å². The van der Waals surface area contributed by atoms with Crippen molar-refractivity contribution in [1.29, 1.82) is 0 Å². The number of aromatic nitrogens is 2. The molecule has 3 rings (SSSR count). The molecular formula is C14H14FN3O4S. The highest BCUT2D eigenvalue weighted by atomic mass is 32.2. The molecule has 1 saturated heterocycles. The van der Waals surface area contributed by atoms with Gasteiger partial charge in [0.25, 0.3) is 5.89 Å². The van der Waals surface area contributed by atoms with Gasteiger partial charge in [0, 0.05) is 13.1 Å². The number of halogens is 1. The monoisotopic (exact) mass is 339 g/mol. The second kappa shape index (κ2) is 5.73. The number of carbonyl (C=O) groups is 1. The van der Waals surface area contributed by atoms with Gasteiger partial charge in [-0.05, 0) is 18.6 Å². The number of amides is 1. The molecule has 0 saturated carbocycles. The van der Waals surface area contributed by atoms with Crippen molar-refractivity contribution in [3.8, 4) is 11.5 Å². The van der Waals surface area contributed by atoms with Crippen LogP contribution in [0.25, 0.3) is 11.5 Å². The highest BCUT2D eigenvalue weighted by molar-refractivity contribution is 7.91. The fourth-order valence-electron chi connectivity index (χ4n) is 2.45. The number of rotatable bonds is 3. The first-order chi connectivity index (χ1) is 10.9. The summed E-state index contributed by atoms with van der Waals surface area (Å²) in [6, 6.07) is 5.42. The Morgan fingerprint density at radius 1 is 1.35 bits per heavy atom. The molecule has 7 nitrogen and oxygen atoms in total. The molecule has 9 heteroatoms. The second-order valence-corrected chi connectivity index (χ2v) is 7.59. The summed E-state index contributed by atoms with van der Waals surface area (Å²) in [5, 5.41) is 7.32. The molecule has 23 heavy (non-hydrogen) atoms. The van der Waals surface area contributed by atoms with Crippen LogP contribution in [0, 0.1) is 5.82 Å². The molecule has 1 aromatic heterocycles. The molecule has 0 aliphatic carbocycles. The molecule has 0 spiro atoms. The van der Waals surface area contributed by atoms with E-state index in [1.165, 1.54) is 30.1 Å². The maximum Gasteiger partial charge on any atom is 0.311 e. The van der Waals surface area contributed by atoms with Gasteiger partial charge < -0.3 is 9.32 Å². The van der Waals surface area contributed by atoms with Crippen molar-refractivity contribution >= 4 is 15.7 Å². The van der Waals surface area contributed by atoms with Gasteiger partial charge >= 0.3 is 11.8 Å². The van der Waals surface area contributed by atoms with Crippen LogP contribution in [-0.4, -0.2) is 54.0 Å². The van der Waals surface area contributed by atoms with Crippen LogP contribution in [0.5, 0.6) is 0 Å². The summed E-state index contributed by atoms with van der Waals surface area (Å²) in [7, 11) is -1.62. The van der Waals surface area contributed by atoms with Crippen LogP contribution < -0.4 is 0 Å². The normalized spacial score (nSPS) is 19.7. The molecule has 1 fully saturated rings. The van der Waals surface area contributed by atoms with Crippen molar-refractivity contribution in [2.45, 2.75) is 12.5 Å². The number of nitrogens with zero attached hydrogens (tertiary/aromatic N) is 3. The lowest BCUT2D eigenvalue weighted by atomic mass is 10.2. The lowest BCUT2D eigenvalue weighted by Crippen LogP contribution is -2.38. The summed E-state index contributed by atoms with van der Waals surface area (Å²) < 4.78 is 41.9. The van der Waals surface area contributed by atoms with Crippen LogP contribution in [0.4, 0.5) is 4.39 Å². The quantitative estimate of drug-likeness (QED) is 0.832. The van der Waals surface area contributed by atoms with E-state index in [-0.39, 0.29) is 28.9 Å². The van der Waals surface area contributed by atoms with E-state index < -0.39 is 27.6 Å². The van der Waals surface area contributed by atoms with Crippen LogP contribution >= 0.6 is 0 Å². The molecule has 2 aromatic rings. The van der Waals surface area contributed by atoms with Crippen molar-refractivity contribution in [3.63, 3.8) is 0 Å². The van der Waals surface area contributed by atoms with Crippen LogP contribution in [-0.2, 0) is 9.84 Å². The Morgan fingerprint density at radius 2 is 2.09 bits per heavy atom. The van der Waals surface area contributed by atoms with Gasteiger partial charge in [0.2, 0.25) is 0 Å². The Kier molecular flexibility index (Phi) is 3.88. The maximum atomic E-state index is 13.7. The van der Waals surface area contributed by atoms with Crippen LogP contribution in [0.1, 0.15) is 17.1 Å². The highest BCUT2D eigenvalue weighted by Crippen LogP contribution is 2.23. The Labute approximate surface area is 132 Å². The molecule has 0 bridgehead atoms. The molecule has 1 aliphatic heterocycles. The van der Waals surface area contributed by atoms with Crippen molar-refractivity contribution in [2.24, 2.45) is 0 Å². The van der Waals surface area contributed by atoms with E-state index in [0.29, 0.717) is 6.42 Å². The van der Waals surface area contributed by atoms with Gasteiger partial charge in [0.05, 0.1) is 17.1 Å². The zero-order valence-corrected chi connectivity index (χ0v) is 13.1. The zero-order chi connectivity index (χ0) is 16.6. The average molecular weight is 339 g/mol. The minimum atomic E-state index is -3.11. The summed E-state index contributed by atoms with van der Waals surface area (Å²) in [4.78, 5) is 13.6. The molecule has 1 aromatic carbocycles. The fraction of sp³-hybridized carbons (Fsp3) is 0.357. The third-order valence-electron chi connectivity index (χ3n) is 3.79. The van der Waals surface area contributed by atoms with Gasteiger partial charge in [-0.15, -0.1) is 10.2 Å². The standard InChI is InChI=1S/C14H14FN3O4S/c1-18(9-6-7-23(20,21)8-9)14(19)13-17-16-12(22-13)10-4-2-3-5-11(10)15/h2-5,9H,6-8H2,1H3. The summed E-state index contributed by atoms with van der Waals surface area (Å²) in [6.07, 6.45) is 0.374. The minimum Gasteiger partial charge on any atom is -0.412 e. The largest absolute Gasteiger partial charge is 0.412 e. The SMILES string of the molecule is CN(C(=O)c1nnc(-c2ccccc2F)o1)C1CCS(=O)(=O)C1. The summed E-state index contributed by atoms with van der Waals surface area (Å²) >= 11 is 0. The molecule has 1 unspecified atom stereocenters. The van der Waals surface area contributed by atoms with E-state index in [2.05, 4.69) is 10.2 Å². The van der Waals surface area contributed by atoms with E-state index >= 15 is 0 Å². The number of hydrogen-bond acceptors (Lipinski definition) is 6. The lowest BCUT2D eigenvalue weighted by molar-refractivity contribution is 0.0708.